The van der Waals surface area contributed by atoms with Crippen LogP contribution in [0.15, 0.2) is 60.9 Å². The molecule has 0 spiro atoms. The van der Waals surface area contributed by atoms with Crippen LogP contribution in [0.2, 0.25) is 0 Å². The summed E-state index contributed by atoms with van der Waals surface area (Å²) in [5.74, 6) is 2.07. The zero-order valence-electron chi connectivity index (χ0n) is 17.3. The van der Waals surface area contributed by atoms with E-state index >= 15 is 0 Å². The van der Waals surface area contributed by atoms with Crippen LogP contribution in [0.4, 0.5) is 21.9 Å². The molecule has 160 valence electrons. The Labute approximate surface area is 183 Å². The number of methoxy groups -OCH3 is 1. The lowest BCUT2D eigenvalue weighted by Crippen LogP contribution is -2.07. The number of hydrogen-bond donors (Lipinski definition) is 3. The van der Waals surface area contributed by atoms with Crippen molar-refractivity contribution in [2.45, 2.75) is 6.92 Å². The predicted octanol–water partition coefficient (Wildman–Crippen LogP) is 5.15. The maximum Gasteiger partial charge on any atom is 0.409 e. The number of amides is 1. The fourth-order valence-electron chi connectivity index (χ4n) is 3.27. The van der Waals surface area contributed by atoms with E-state index in [9.17, 15) is 10.1 Å². The van der Waals surface area contributed by atoms with E-state index in [0.717, 1.165) is 11.4 Å². The third kappa shape index (κ3) is 4.11. The molecule has 9 nitrogen and oxygen atoms in total. The third-order valence-electron chi connectivity index (χ3n) is 4.84. The first-order chi connectivity index (χ1) is 15.5. The van der Waals surface area contributed by atoms with Gasteiger partial charge in [-0.2, -0.15) is 10.4 Å². The lowest BCUT2D eigenvalue weighted by molar-refractivity contribution is 0.209. The van der Waals surface area contributed by atoms with Crippen LogP contribution in [0, 0.1) is 18.3 Å². The standard InChI is InChI=1S/C23H19N5O4/c1-14-20(27-23(29)30)13-28-22(14)21(15(11-24)12-25-28)26-16-3-5-18(6-4-16)32-19-9-7-17(31-2)8-10-19/h3-10,12-13,26-27H,1-2H3,(H,29,30). The molecular formula is C23H19N5O4. The van der Waals surface area contributed by atoms with Crippen molar-refractivity contribution in [1.29, 1.82) is 5.26 Å². The molecule has 0 bridgehead atoms. The van der Waals surface area contributed by atoms with E-state index in [-0.39, 0.29) is 0 Å². The second-order valence-electron chi connectivity index (χ2n) is 6.86. The highest BCUT2D eigenvalue weighted by Crippen LogP contribution is 2.33. The maximum absolute atomic E-state index is 11.1. The fourth-order valence-corrected chi connectivity index (χ4v) is 3.27. The zero-order valence-corrected chi connectivity index (χ0v) is 17.3. The van der Waals surface area contributed by atoms with Gasteiger partial charge in [-0.15, -0.1) is 0 Å². The summed E-state index contributed by atoms with van der Waals surface area (Å²) in [5, 5.41) is 28.4. The molecule has 0 radical (unpaired) electrons. The van der Waals surface area contributed by atoms with Gasteiger partial charge in [0.15, 0.2) is 0 Å². The molecule has 0 aliphatic carbocycles. The topological polar surface area (TPSA) is 121 Å². The highest BCUT2D eigenvalue weighted by Gasteiger charge is 2.17. The van der Waals surface area contributed by atoms with Gasteiger partial charge in [-0.05, 0) is 55.5 Å². The number of aryl methyl sites for hydroxylation is 1. The van der Waals surface area contributed by atoms with Crippen LogP contribution in [0.25, 0.3) is 5.52 Å². The van der Waals surface area contributed by atoms with Gasteiger partial charge in [-0.3, -0.25) is 5.32 Å². The Kier molecular flexibility index (Phi) is 5.51. The average Bonchev–Trinajstić information content (AvgIpc) is 3.10. The lowest BCUT2D eigenvalue weighted by Gasteiger charge is -2.12. The Morgan fingerprint density at radius 1 is 1.09 bits per heavy atom. The number of fused-ring (bicyclic) bond motifs is 1. The molecular weight excluding hydrogens is 410 g/mol. The number of rotatable bonds is 6. The van der Waals surface area contributed by atoms with E-state index in [4.69, 9.17) is 14.6 Å². The third-order valence-corrected chi connectivity index (χ3v) is 4.84. The summed E-state index contributed by atoms with van der Waals surface area (Å²) in [4.78, 5) is 11.1. The minimum Gasteiger partial charge on any atom is -0.497 e. The number of carboxylic acid groups (broad SMARTS) is 1. The van der Waals surface area contributed by atoms with Crippen molar-refractivity contribution >= 4 is 28.7 Å². The van der Waals surface area contributed by atoms with Gasteiger partial charge in [0.25, 0.3) is 0 Å². The van der Waals surface area contributed by atoms with Crippen LogP contribution < -0.4 is 20.1 Å². The first-order valence-corrected chi connectivity index (χ1v) is 9.58. The monoisotopic (exact) mass is 429 g/mol. The number of carbonyl (C=O) groups is 1. The summed E-state index contributed by atoms with van der Waals surface area (Å²) in [5.41, 5.74) is 3.24. The van der Waals surface area contributed by atoms with E-state index < -0.39 is 6.09 Å². The second kappa shape index (κ2) is 8.57. The molecule has 2 heterocycles. The van der Waals surface area contributed by atoms with Gasteiger partial charge in [0, 0.05) is 11.3 Å². The number of anilines is 3. The minimum atomic E-state index is -1.17. The largest absolute Gasteiger partial charge is 0.497 e. The molecule has 0 fully saturated rings. The van der Waals surface area contributed by atoms with E-state index in [2.05, 4.69) is 21.8 Å². The van der Waals surface area contributed by atoms with Crippen LogP contribution in [0.5, 0.6) is 17.2 Å². The van der Waals surface area contributed by atoms with Crippen molar-refractivity contribution in [3.8, 4) is 23.3 Å². The molecule has 3 N–H and O–H groups in total. The van der Waals surface area contributed by atoms with Crippen LogP contribution in [-0.4, -0.2) is 27.9 Å². The molecule has 0 aliphatic rings. The van der Waals surface area contributed by atoms with E-state index in [1.54, 1.807) is 32.4 Å². The van der Waals surface area contributed by atoms with Crippen molar-refractivity contribution in [1.82, 2.24) is 9.61 Å². The van der Waals surface area contributed by atoms with Gasteiger partial charge < -0.3 is 19.9 Å². The molecule has 4 rings (SSSR count). The molecule has 0 unspecified atom stereocenters. The van der Waals surface area contributed by atoms with Crippen LogP contribution >= 0.6 is 0 Å². The number of hydrogen-bond acceptors (Lipinski definition) is 6. The van der Waals surface area contributed by atoms with Crippen molar-refractivity contribution in [3.05, 3.63) is 72.1 Å². The van der Waals surface area contributed by atoms with Gasteiger partial charge in [0.1, 0.15) is 23.3 Å². The van der Waals surface area contributed by atoms with Gasteiger partial charge in [0.05, 0.1) is 42.0 Å². The maximum atomic E-state index is 11.1. The molecule has 0 saturated carbocycles. The highest BCUT2D eigenvalue weighted by atomic mass is 16.5. The Morgan fingerprint density at radius 3 is 2.31 bits per heavy atom. The summed E-state index contributed by atoms with van der Waals surface area (Å²) in [6.45, 7) is 1.76. The molecule has 2 aromatic heterocycles. The van der Waals surface area contributed by atoms with Crippen molar-refractivity contribution in [2.24, 2.45) is 0 Å². The Balaban J connectivity index is 1.61. The smallest absolute Gasteiger partial charge is 0.409 e. The van der Waals surface area contributed by atoms with Crippen LogP contribution in [0.1, 0.15) is 11.1 Å². The number of nitrogens with zero attached hydrogens (tertiary/aromatic N) is 3. The van der Waals surface area contributed by atoms with Crippen LogP contribution in [0.3, 0.4) is 0 Å². The Bertz CT molecular complexity index is 1320. The van der Waals surface area contributed by atoms with Gasteiger partial charge in [-0.1, -0.05) is 0 Å². The zero-order chi connectivity index (χ0) is 22.7. The molecule has 0 aliphatic heterocycles. The normalized spacial score (nSPS) is 10.4. The summed E-state index contributed by atoms with van der Waals surface area (Å²) < 4.78 is 12.5. The number of benzene rings is 2. The molecule has 4 aromatic rings. The highest BCUT2D eigenvalue weighted by molar-refractivity contribution is 5.92. The molecule has 2 aromatic carbocycles. The first-order valence-electron chi connectivity index (χ1n) is 9.58. The van der Waals surface area contributed by atoms with Gasteiger partial charge >= 0.3 is 6.09 Å². The van der Waals surface area contributed by atoms with Crippen LogP contribution in [-0.2, 0) is 0 Å². The van der Waals surface area contributed by atoms with E-state index in [1.165, 1.54) is 10.7 Å². The Hall–Kier alpha value is -4.71. The summed E-state index contributed by atoms with van der Waals surface area (Å²) in [6, 6.07) is 16.7. The Morgan fingerprint density at radius 2 is 1.72 bits per heavy atom. The minimum absolute atomic E-state index is 0.333. The average molecular weight is 429 g/mol. The van der Waals surface area contributed by atoms with E-state index in [0.29, 0.717) is 39.5 Å². The number of aromatic nitrogens is 2. The first kappa shape index (κ1) is 20.6. The summed E-state index contributed by atoms with van der Waals surface area (Å²) in [7, 11) is 1.61. The number of ether oxygens (including phenoxy) is 2. The SMILES string of the molecule is COc1ccc(Oc2ccc(Nc3c(C#N)cnn4cc(NC(=O)O)c(C)c34)cc2)cc1. The van der Waals surface area contributed by atoms with E-state index in [1.807, 2.05) is 36.4 Å². The lowest BCUT2D eigenvalue weighted by atomic mass is 10.1. The molecule has 0 atom stereocenters. The number of nitrogens with one attached hydrogen (secondary N) is 2. The van der Waals surface area contributed by atoms with Crippen molar-refractivity contribution in [2.75, 3.05) is 17.7 Å². The molecule has 32 heavy (non-hydrogen) atoms. The molecule has 0 saturated heterocycles. The van der Waals surface area contributed by atoms with Gasteiger partial charge in [-0.25, -0.2) is 9.31 Å². The predicted molar refractivity (Wildman–Crippen MR) is 119 cm³/mol. The summed E-state index contributed by atoms with van der Waals surface area (Å²) in [6.07, 6.45) is 1.82. The number of nitriles is 1. The summed E-state index contributed by atoms with van der Waals surface area (Å²) >= 11 is 0. The fraction of sp³-hybridized carbons (Fsp3) is 0.0870. The quantitative estimate of drug-likeness (QED) is 0.388. The molecule has 1 amide bonds. The van der Waals surface area contributed by atoms with Gasteiger partial charge in [0.2, 0.25) is 0 Å². The molecule has 9 heteroatoms. The van der Waals surface area contributed by atoms with Crippen molar-refractivity contribution < 1.29 is 19.4 Å². The van der Waals surface area contributed by atoms with Crippen molar-refractivity contribution in [3.63, 3.8) is 0 Å². The second-order valence-corrected chi connectivity index (χ2v) is 6.86.